The number of aliphatic hydroxyl groups excluding tert-OH is 1. The Morgan fingerprint density at radius 2 is 1.78 bits per heavy atom. The first-order valence-corrected chi connectivity index (χ1v) is 8.66. The third-order valence-electron chi connectivity index (χ3n) is 4.24. The van der Waals surface area contributed by atoms with Crippen LogP contribution < -0.4 is 11.1 Å². The number of nitrogens with two attached hydrogens (primary N) is 1. The summed E-state index contributed by atoms with van der Waals surface area (Å²) >= 11 is 0. The van der Waals surface area contributed by atoms with Gasteiger partial charge in [0.2, 0.25) is 5.91 Å². The van der Waals surface area contributed by atoms with Gasteiger partial charge in [-0.25, -0.2) is 4.39 Å². The van der Waals surface area contributed by atoms with Crippen molar-refractivity contribution in [2.75, 3.05) is 6.54 Å². The number of primary amides is 1. The predicted octanol–water partition coefficient (Wildman–Crippen LogP) is 3.17. The molecule has 0 atom stereocenters. The summed E-state index contributed by atoms with van der Waals surface area (Å²) in [6.45, 7) is 7.67. The second-order valence-electron chi connectivity index (χ2n) is 7.77. The maximum atomic E-state index is 14.5. The third-order valence-corrected chi connectivity index (χ3v) is 4.24. The number of carbonyl (C=O) groups is 2. The van der Waals surface area contributed by atoms with Gasteiger partial charge in [-0.2, -0.15) is 0 Å². The van der Waals surface area contributed by atoms with E-state index in [1.807, 2.05) is 20.8 Å². The Kier molecular flexibility index (Phi) is 6.01. The van der Waals surface area contributed by atoms with Crippen LogP contribution in [-0.2, 0) is 6.61 Å². The van der Waals surface area contributed by atoms with Gasteiger partial charge in [0.05, 0.1) is 6.61 Å². The number of rotatable bonds is 5. The lowest BCUT2D eigenvalue weighted by Gasteiger charge is -2.19. The highest BCUT2D eigenvalue weighted by molar-refractivity contribution is 5.97. The Hall–Kier alpha value is -2.73. The average molecular weight is 372 g/mol. The molecule has 4 N–H and O–H groups in total. The number of nitrogens with one attached hydrogen (secondary N) is 1. The van der Waals surface area contributed by atoms with Crippen LogP contribution in [0.4, 0.5) is 4.39 Å². The number of aliphatic hydroxyl groups is 1. The van der Waals surface area contributed by atoms with Crippen molar-refractivity contribution < 1.29 is 19.1 Å². The van der Waals surface area contributed by atoms with E-state index < -0.39 is 11.7 Å². The van der Waals surface area contributed by atoms with Gasteiger partial charge >= 0.3 is 0 Å². The molecule has 5 nitrogen and oxygen atoms in total. The maximum Gasteiger partial charge on any atom is 0.251 e. The van der Waals surface area contributed by atoms with Crippen molar-refractivity contribution in [3.05, 3.63) is 58.4 Å². The van der Waals surface area contributed by atoms with Crippen molar-refractivity contribution in [3.63, 3.8) is 0 Å². The summed E-state index contributed by atoms with van der Waals surface area (Å²) in [5.41, 5.74) is 7.43. The van der Waals surface area contributed by atoms with E-state index >= 15 is 0 Å². The molecular formula is C21H25FN2O3. The fourth-order valence-electron chi connectivity index (χ4n) is 2.68. The number of benzene rings is 2. The van der Waals surface area contributed by atoms with Crippen molar-refractivity contribution in [1.82, 2.24) is 5.32 Å². The fraction of sp³-hybridized carbons (Fsp3) is 0.333. The standard InChI is InChI=1S/C21H25FN2O3/c1-12-17(16-6-5-13(19(23)26)7-15(16)10-25)8-14(9-18(12)22)20(27)24-11-21(2,3)4/h5-9,25H,10-11H2,1-4H3,(H2,23,26)(H,24,27). The molecule has 2 amide bonds. The quantitative estimate of drug-likeness (QED) is 0.753. The molecule has 0 spiro atoms. The van der Waals surface area contributed by atoms with Crippen LogP contribution in [0.5, 0.6) is 0 Å². The summed E-state index contributed by atoms with van der Waals surface area (Å²) < 4.78 is 14.5. The average Bonchev–Trinajstić information content (AvgIpc) is 2.60. The molecule has 2 aromatic rings. The van der Waals surface area contributed by atoms with Crippen LogP contribution in [0.1, 0.15) is 52.6 Å². The molecule has 0 heterocycles. The number of carbonyl (C=O) groups excluding carboxylic acids is 2. The van der Waals surface area contributed by atoms with Crippen LogP contribution in [0.2, 0.25) is 0 Å². The smallest absolute Gasteiger partial charge is 0.251 e. The fourth-order valence-corrected chi connectivity index (χ4v) is 2.68. The molecule has 0 aromatic heterocycles. The Labute approximate surface area is 158 Å². The second kappa shape index (κ2) is 7.88. The van der Waals surface area contributed by atoms with Gasteiger partial charge in [0.15, 0.2) is 0 Å². The molecule has 144 valence electrons. The zero-order valence-electron chi connectivity index (χ0n) is 16.0. The molecule has 0 bridgehead atoms. The monoisotopic (exact) mass is 372 g/mol. The summed E-state index contributed by atoms with van der Waals surface area (Å²) in [4.78, 5) is 23.8. The first kappa shape index (κ1) is 20.6. The molecule has 6 heteroatoms. The van der Waals surface area contributed by atoms with Crippen LogP contribution in [0, 0.1) is 18.2 Å². The molecule has 0 aliphatic rings. The molecular weight excluding hydrogens is 347 g/mol. The van der Waals surface area contributed by atoms with Crippen molar-refractivity contribution in [2.45, 2.75) is 34.3 Å². The van der Waals surface area contributed by atoms with Crippen LogP contribution in [-0.4, -0.2) is 23.5 Å². The van der Waals surface area contributed by atoms with Crippen molar-refractivity contribution in [3.8, 4) is 11.1 Å². The highest BCUT2D eigenvalue weighted by Crippen LogP contribution is 2.30. The molecule has 0 aliphatic heterocycles. The summed E-state index contributed by atoms with van der Waals surface area (Å²) in [6.07, 6.45) is 0. The highest BCUT2D eigenvalue weighted by atomic mass is 19.1. The van der Waals surface area contributed by atoms with E-state index in [-0.39, 0.29) is 29.1 Å². The largest absolute Gasteiger partial charge is 0.392 e. The maximum absolute atomic E-state index is 14.5. The van der Waals surface area contributed by atoms with E-state index in [4.69, 9.17) is 5.73 Å². The summed E-state index contributed by atoms with van der Waals surface area (Å²) in [5, 5.41) is 12.5. The van der Waals surface area contributed by atoms with Crippen LogP contribution in [0.25, 0.3) is 11.1 Å². The van der Waals surface area contributed by atoms with Gasteiger partial charge in [-0.3, -0.25) is 9.59 Å². The Morgan fingerprint density at radius 1 is 1.11 bits per heavy atom. The SMILES string of the molecule is Cc1c(F)cc(C(=O)NCC(C)(C)C)cc1-c1ccc(C(N)=O)cc1CO. The lowest BCUT2D eigenvalue weighted by molar-refractivity contribution is 0.0938. The van der Waals surface area contributed by atoms with Gasteiger partial charge in [-0.15, -0.1) is 0 Å². The lowest BCUT2D eigenvalue weighted by Crippen LogP contribution is -2.32. The summed E-state index contributed by atoms with van der Waals surface area (Å²) in [7, 11) is 0. The van der Waals surface area contributed by atoms with Gasteiger partial charge in [-0.1, -0.05) is 26.8 Å². The Morgan fingerprint density at radius 3 is 2.33 bits per heavy atom. The molecule has 0 fully saturated rings. The van der Waals surface area contributed by atoms with Crippen molar-refractivity contribution >= 4 is 11.8 Å². The molecule has 2 aromatic carbocycles. The van der Waals surface area contributed by atoms with Crippen LogP contribution >= 0.6 is 0 Å². The first-order valence-electron chi connectivity index (χ1n) is 8.66. The molecule has 27 heavy (non-hydrogen) atoms. The molecule has 0 saturated heterocycles. The minimum absolute atomic E-state index is 0.101. The lowest BCUT2D eigenvalue weighted by atomic mass is 9.92. The van der Waals surface area contributed by atoms with Gasteiger partial charge in [-0.05, 0) is 58.9 Å². The molecule has 2 rings (SSSR count). The third kappa shape index (κ3) is 4.92. The van der Waals surface area contributed by atoms with Gasteiger partial charge in [0.25, 0.3) is 5.91 Å². The molecule has 0 saturated carbocycles. The topological polar surface area (TPSA) is 92.4 Å². The van der Waals surface area contributed by atoms with E-state index in [2.05, 4.69) is 5.32 Å². The summed E-state index contributed by atoms with van der Waals surface area (Å²) in [5.74, 6) is -1.50. The summed E-state index contributed by atoms with van der Waals surface area (Å²) in [6, 6.07) is 7.38. The van der Waals surface area contributed by atoms with Crippen molar-refractivity contribution in [2.24, 2.45) is 11.1 Å². The van der Waals surface area contributed by atoms with E-state index in [1.165, 1.54) is 18.2 Å². The molecule has 0 radical (unpaired) electrons. The van der Waals surface area contributed by atoms with Gasteiger partial charge in [0, 0.05) is 17.7 Å². The minimum atomic E-state index is -0.616. The van der Waals surface area contributed by atoms with Crippen LogP contribution in [0.3, 0.4) is 0 Å². The number of halogens is 1. The van der Waals surface area contributed by atoms with Gasteiger partial charge < -0.3 is 16.2 Å². The zero-order valence-corrected chi connectivity index (χ0v) is 16.0. The van der Waals surface area contributed by atoms with Gasteiger partial charge in [0.1, 0.15) is 5.82 Å². The first-order chi connectivity index (χ1) is 12.5. The number of hydrogen-bond acceptors (Lipinski definition) is 3. The predicted molar refractivity (Wildman–Crippen MR) is 103 cm³/mol. The van der Waals surface area contributed by atoms with E-state index in [9.17, 15) is 19.1 Å². The zero-order chi connectivity index (χ0) is 20.4. The number of amides is 2. The van der Waals surface area contributed by atoms with Crippen LogP contribution in [0.15, 0.2) is 30.3 Å². The Balaban J connectivity index is 2.50. The number of hydrogen-bond donors (Lipinski definition) is 3. The highest BCUT2D eigenvalue weighted by Gasteiger charge is 2.18. The Bertz CT molecular complexity index is 886. The second-order valence-corrected chi connectivity index (χ2v) is 7.77. The van der Waals surface area contributed by atoms with E-state index in [0.717, 1.165) is 0 Å². The normalized spacial score (nSPS) is 11.3. The minimum Gasteiger partial charge on any atom is -0.392 e. The molecule has 0 aliphatic carbocycles. The van der Waals surface area contributed by atoms with E-state index in [0.29, 0.717) is 28.8 Å². The molecule has 0 unspecified atom stereocenters. The van der Waals surface area contributed by atoms with Crippen molar-refractivity contribution in [1.29, 1.82) is 0 Å². The van der Waals surface area contributed by atoms with E-state index in [1.54, 1.807) is 19.1 Å².